The van der Waals surface area contributed by atoms with Crippen LogP contribution in [0.4, 0.5) is 10.1 Å². The predicted molar refractivity (Wildman–Crippen MR) is 130 cm³/mol. The number of nitrogens with zero attached hydrogens (tertiary/aromatic N) is 2. The monoisotopic (exact) mass is 457 g/mol. The smallest absolute Gasteiger partial charge is 0.349 e. The maximum Gasteiger partial charge on any atom is 0.349 e. The van der Waals surface area contributed by atoms with Gasteiger partial charge in [-0.25, -0.2) is 9.18 Å². The molecule has 0 atom stereocenters. The predicted octanol–water partition coefficient (Wildman–Crippen LogP) is 4.26. The first kappa shape index (κ1) is 20.9. The third-order valence-electron chi connectivity index (χ3n) is 6.65. The molecule has 2 aliphatic rings. The second-order valence-electron chi connectivity index (χ2n) is 8.97. The van der Waals surface area contributed by atoms with Gasteiger partial charge in [-0.05, 0) is 47.9 Å². The summed E-state index contributed by atoms with van der Waals surface area (Å²) < 4.78 is 22.7. The number of nitrogens with one attached hydrogen (secondary N) is 1. The first-order valence-electron chi connectivity index (χ1n) is 11.6. The molecule has 0 bridgehead atoms. The van der Waals surface area contributed by atoms with Crippen molar-refractivity contribution in [1.29, 1.82) is 0 Å². The number of pyridine rings is 1. The molecule has 1 saturated carbocycles. The van der Waals surface area contributed by atoms with Gasteiger partial charge in [0.2, 0.25) is 5.43 Å². The number of aromatic nitrogens is 1. The summed E-state index contributed by atoms with van der Waals surface area (Å²) in [5, 5.41) is 5.44. The fourth-order valence-electron chi connectivity index (χ4n) is 4.70. The number of piperazine rings is 1. The Morgan fingerprint density at radius 1 is 1.00 bits per heavy atom. The Balaban J connectivity index is 1.41. The van der Waals surface area contributed by atoms with Crippen molar-refractivity contribution in [3.63, 3.8) is 0 Å². The maximum atomic E-state index is 15.1. The van der Waals surface area contributed by atoms with Gasteiger partial charge in [-0.2, -0.15) is 0 Å². The summed E-state index contributed by atoms with van der Waals surface area (Å²) in [7, 11) is 0. The van der Waals surface area contributed by atoms with Gasteiger partial charge in [0, 0.05) is 43.8 Å². The van der Waals surface area contributed by atoms with Crippen LogP contribution in [-0.2, 0) is 0 Å². The molecule has 7 heteroatoms. The Morgan fingerprint density at radius 3 is 2.53 bits per heavy atom. The molecule has 4 aromatic rings. The summed E-state index contributed by atoms with van der Waals surface area (Å²) in [6.07, 6.45) is 3.50. The largest absolute Gasteiger partial charge is 0.423 e. The fourth-order valence-corrected chi connectivity index (χ4v) is 4.70. The minimum atomic E-state index is -0.733. The van der Waals surface area contributed by atoms with Gasteiger partial charge in [0.25, 0.3) is 0 Å². The molecule has 2 heterocycles. The number of hydrogen-bond donors (Lipinski definition) is 1. The number of carbonyl (C=O) groups is 1. The number of halogens is 1. The second-order valence-corrected chi connectivity index (χ2v) is 8.97. The lowest BCUT2D eigenvalue weighted by Crippen LogP contribution is -2.43. The molecule has 6 nitrogen and oxygen atoms in total. The number of benzene rings is 3. The molecule has 2 fully saturated rings. The van der Waals surface area contributed by atoms with Crippen LogP contribution in [0.3, 0.4) is 0 Å². The zero-order valence-electron chi connectivity index (χ0n) is 18.6. The van der Waals surface area contributed by atoms with Crippen LogP contribution in [-0.4, -0.2) is 36.7 Å². The summed E-state index contributed by atoms with van der Waals surface area (Å²) >= 11 is 0. The number of fused-ring (bicyclic) bond motifs is 2. The van der Waals surface area contributed by atoms with E-state index in [-0.39, 0.29) is 17.0 Å². The highest BCUT2D eigenvalue weighted by Crippen LogP contribution is 2.38. The van der Waals surface area contributed by atoms with E-state index in [0.29, 0.717) is 30.0 Å². The molecule has 1 N–H and O–H groups in total. The van der Waals surface area contributed by atoms with E-state index in [1.54, 1.807) is 24.4 Å². The molecule has 0 unspecified atom stereocenters. The Labute approximate surface area is 195 Å². The quantitative estimate of drug-likeness (QED) is 0.367. The van der Waals surface area contributed by atoms with E-state index in [1.165, 1.54) is 6.07 Å². The van der Waals surface area contributed by atoms with Crippen LogP contribution in [0.5, 0.6) is 5.75 Å². The zero-order valence-corrected chi connectivity index (χ0v) is 18.6. The molecule has 0 amide bonds. The van der Waals surface area contributed by atoms with E-state index in [0.717, 1.165) is 36.7 Å². The Bertz CT molecular complexity index is 1490. The first-order valence-corrected chi connectivity index (χ1v) is 11.6. The van der Waals surface area contributed by atoms with Crippen LogP contribution in [0, 0.1) is 5.82 Å². The molecular weight excluding hydrogens is 433 g/mol. The number of esters is 1. The third kappa shape index (κ3) is 3.72. The van der Waals surface area contributed by atoms with E-state index in [2.05, 4.69) is 5.32 Å². The maximum absolute atomic E-state index is 15.1. The molecular formula is C27H24FN3O3. The van der Waals surface area contributed by atoms with E-state index < -0.39 is 17.2 Å². The van der Waals surface area contributed by atoms with Gasteiger partial charge in [-0.15, -0.1) is 0 Å². The van der Waals surface area contributed by atoms with Crippen LogP contribution in [0.1, 0.15) is 29.2 Å². The van der Waals surface area contributed by atoms with E-state index in [4.69, 9.17) is 4.74 Å². The van der Waals surface area contributed by atoms with E-state index >= 15 is 4.39 Å². The van der Waals surface area contributed by atoms with Gasteiger partial charge in [-0.3, -0.25) is 4.79 Å². The van der Waals surface area contributed by atoms with Crippen LogP contribution in [0.2, 0.25) is 0 Å². The van der Waals surface area contributed by atoms with Crippen molar-refractivity contribution < 1.29 is 13.9 Å². The van der Waals surface area contributed by atoms with Crippen molar-refractivity contribution in [1.82, 2.24) is 9.88 Å². The van der Waals surface area contributed by atoms with Crippen molar-refractivity contribution in [2.75, 3.05) is 31.1 Å². The Hall–Kier alpha value is -3.71. The van der Waals surface area contributed by atoms with Gasteiger partial charge in [-0.1, -0.05) is 30.3 Å². The third-order valence-corrected chi connectivity index (χ3v) is 6.65. The van der Waals surface area contributed by atoms with Crippen molar-refractivity contribution in [3.05, 3.63) is 82.4 Å². The highest BCUT2D eigenvalue weighted by atomic mass is 19.1. The molecule has 1 aromatic heterocycles. The van der Waals surface area contributed by atoms with Gasteiger partial charge in [0.05, 0.1) is 11.2 Å². The number of ether oxygens (including phenoxy) is 1. The highest BCUT2D eigenvalue weighted by Gasteiger charge is 2.28. The lowest BCUT2D eigenvalue weighted by atomic mass is 10.1. The number of rotatable bonds is 4. The van der Waals surface area contributed by atoms with Gasteiger partial charge in [0.1, 0.15) is 17.1 Å². The lowest BCUT2D eigenvalue weighted by Gasteiger charge is -2.30. The van der Waals surface area contributed by atoms with Crippen LogP contribution in [0.25, 0.3) is 21.7 Å². The van der Waals surface area contributed by atoms with Gasteiger partial charge >= 0.3 is 5.97 Å². The van der Waals surface area contributed by atoms with Crippen LogP contribution in [0.15, 0.2) is 65.6 Å². The zero-order chi connectivity index (χ0) is 23.2. The summed E-state index contributed by atoms with van der Waals surface area (Å²) in [6.45, 7) is 2.97. The molecule has 3 aromatic carbocycles. The lowest BCUT2D eigenvalue weighted by molar-refractivity contribution is 0.0733. The average molecular weight is 458 g/mol. The molecule has 172 valence electrons. The molecule has 0 radical (unpaired) electrons. The standard InChI is InChI=1S/C27H24FN3O3/c28-23-14-21-24(15-25(23)30-11-9-29-10-12-30)31(19-6-7-19)16-22(26(21)32)27(33)34-20-8-5-17-3-1-2-4-18(17)13-20/h1-5,8,13-16,19,29H,6-7,9-12H2. The topological polar surface area (TPSA) is 63.6 Å². The highest BCUT2D eigenvalue weighted by molar-refractivity contribution is 5.96. The second kappa shape index (κ2) is 8.25. The minimum Gasteiger partial charge on any atom is -0.423 e. The molecule has 6 rings (SSSR count). The van der Waals surface area contributed by atoms with Crippen LogP contribution < -0.4 is 20.4 Å². The number of hydrogen-bond acceptors (Lipinski definition) is 5. The van der Waals surface area contributed by atoms with Gasteiger partial charge < -0.3 is 19.5 Å². The number of anilines is 1. The van der Waals surface area contributed by atoms with Crippen LogP contribution >= 0.6 is 0 Å². The summed E-state index contributed by atoms with van der Waals surface area (Å²) in [5.74, 6) is -0.821. The van der Waals surface area contributed by atoms with Crippen molar-refractivity contribution in [2.24, 2.45) is 0 Å². The normalized spacial score (nSPS) is 16.2. The van der Waals surface area contributed by atoms with Crippen molar-refractivity contribution in [3.8, 4) is 5.75 Å². The van der Waals surface area contributed by atoms with Gasteiger partial charge in [0.15, 0.2) is 0 Å². The van der Waals surface area contributed by atoms with Crippen molar-refractivity contribution >= 4 is 33.3 Å². The van der Waals surface area contributed by atoms with E-state index in [1.807, 2.05) is 39.8 Å². The average Bonchev–Trinajstić information content (AvgIpc) is 3.70. The molecule has 1 aliphatic heterocycles. The van der Waals surface area contributed by atoms with Crippen molar-refractivity contribution in [2.45, 2.75) is 18.9 Å². The molecule has 34 heavy (non-hydrogen) atoms. The Morgan fingerprint density at radius 2 is 1.76 bits per heavy atom. The molecule has 0 spiro atoms. The number of carbonyl (C=O) groups excluding carboxylic acids is 1. The summed E-state index contributed by atoms with van der Waals surface area (Å²) in [6, 6.07) is 16.3. The SMILES string of the molecule is O=C(Oc1ccc2ccccc2c1)c1cn(C2CC2)c2cc(N3CCNCC3)c(F)cc2c1=O. The fraction of sp³-hybridized carbons (Fsp3) is 0.259. The summed E-state index contributed by atoms with van der Waals surface area (Å²) in [5.41, 5.74) is 0.560. The van der Waals surface area contributed by atoms with E-state index in [9.17, 15) is 9.59 Å². The minimum absolute atomic E-state index is 0.0816. The molecule has 1 saturated heterocycles. The molecule has 1 aliphatic carbocycles. The Kier molecular flexibility index (Phi) is 5.07. The summed E-state index contributed by atoms with van der Waals surface area (Å²) in [4.78, 5) is 28.4. The first-order chi connectivity index (χ1) is 16.6.